The highest BCUT2D eigenvalue weighted by molar-refractivity contribution is 7.92. The molecular weight excluding hydrogens is 330 g/mol. The summed E-state index contributed by atoms with van der Waals surface area (Å²) in [4.78, 5) is 27.8. The van der Waals surface area contributed by atoms with Crippen molar-refractivity contribution in [1.82, 2.24) is 9.97 Å². The number of aromatic nitrogens is 2. The fraction of sp³-hybridized carbons (Fsp3) is 0.125. The Morgan fingerprint density at radius 2 is 1.42 bits per heavy atom. The second-order valence-corrected chi connectivity index (χ2v) is 7.22. The van der Waals surface area contributed by atoms with Gasteiger partial charge in [0, 0.05) is 0 Å². The maximum absolute atomic E-state index is 12.5. The monoisotopic (exact) mass is 345 g/mol. The molecule has 7 nitrogen and oxygen atoms in total. The second kappa shape index (κ2) is 5.64. The van der Waals surface area contributed by atoms with Gasteiger partial charge in [0.1, 0.15) is 0 Å². The van der Waals surface area contributed by atoms with E-state index in [9.17, 15) is 18.0 Å². The first-order chi connectivity index (χ1) is 11.3. The first kappa shape index (κ1) is 16.0. The van der Waals surface area contributed by atoms with Crippen molar-refractivity contribution >= 4 is 26.7 Å². The van der Waals surface area contributed by atoms with Crippen molar-refractivity contribution in [3.8, 4) is 0 Å². The summed E-state index contributed by atoms with van der Waals surface area (Å²) in [5.74, 6) is 0. The number of benzene rings is 2. The van der Waals surface area contributed by atoms with Gasteiger partial charge in [-0.05, 0) is 43.7 Å². The third kappa shape index (κ3) is 2.95. The van der Waals surface area contributed by atoms with Gasteiger partial charge in [0.2, 0.25) is 0 Å². The molecule has 2 aromatic carbocycles. The minimum Gasteiger partial charge on any atom is -0.316 e. The van der Waals surface area contributed by atoms with Crippen LogP contribution in [0.5, 0.6) is 0 Å². The van der Waals surface area contributed by atoms with E-state index in [2.05, 4.69) is 14.7 Å². The quantitative estimate of drug-likeness (QED) is 0.626. The molecule has 0 aliphatic heterocycles. The normalized spacial score (nSPS) is 11.6. The Hall–Kier alpha value is -2.87. The Bertz CT molecular complexity index is 1140. The lowest BCUT2D eigenvalue weighted by molar-refractivity contribution is 0.601. The van der Waals surface area contributed by atoms with Crippen molar-refractivity contribution in [2.24, 2.45) is 0 Å². The van der Waals surface area contributed by atoms with E-state index in [4.69, 9.17) is 0 Å². The average Bonchev–Trinajstić information content (AvgIpc) is 2.50. The summed E-state index contributed by atoms with van der Waals surface area (Å²) in [6.07, 6.45) is 0. The Labute approximate surface area is 137 Å². The molecule has 24 heavy (non-hydrogen) atoms. The van der Waals surface area contributed by atoms with Crippen LogP contribution in [0.3, 0.4) is 0 Å². The number of hydrogen-bond donors (Lipinski definition) is 3. The van der Waals surface area contributed by atoms with Gasteiger partial charge in [0.15, 0.2) is 0 Å². The van der Waals surface area contributed by atoms with Crippen molar-refractivity contribution in [2.75, 3.05) is 4.72 Å². The first-order valence-electron chi connectivity index (χ1n) is 7.13. The zero-order chi connectivity index (χ0) is 17.5. The lowest BCUT2D eigenvalue weighted by atomic mass is 10.2. The van der Waals surface area contributed by atoms with Crippen molar-refractivity contribution in [2.45, 2.75) is 18.7 Å². The van der Waals surface area contributed by atoms with Gasteiger partial charge in [0.25, 0.3) is 10.0 Å². The third-order valence-corrected chi connectivity index (χ3v) is 5.02. The topological polar surface area (TPSA) is 112 Å². The predicted molar refractivity (Wildman–Crippen MR) is 91.9 cm³/mol. The van der Waals surface area contributed by atoms with Crippen LogP contribution < -0.4 is 15.8 Å². The van der Waals surface area contributed by atoms with E-state index in [1.165, 1.54) is 18.2 Å². The predicted octanol–water partition coefficient (Wildman–Crippen LogP) is 1.63. The number of fused-ring (bicyclic) bond motifs is 1. The highest BCUT2D eigenvalue weighted by atomic mass is 32.2. The standard InChI is InChI=1S/C16H15N3O4S/c1-9-3-5-11(6-4-9)24(22,23)19-12-8-14-13(7-10(12)2)17-15(20)16(21)18-14/h3-8,19H,1-2H3,(H,17,20)(H,18,21). The summed E-state index contributed by atoms with van der Waals surface area (Å²) in [7, 11) is -3.75. The molecular formula is C16H15N3O4S. The summed E-state index contributed by atoms with van der Waals surface area (Å²) < 4.78 is 27.5. The lowest BCUT2D eigenvalue weighted by Gasteiger charge is -2.12. The zero-order valence-electron chi connectivity index (χ0n) is 13.0. The third-order valence-electron chi connectivity index (χ3n) is 3.64. The van der Waals surface area contributed by atoms with Gasteiger partial charge in [-0.25, -0.2) is 8.42 Å². The van der Waals surface area contributed by atoms with Gasteiger partial charge < -0.3 is 9.97 Å². The van der Waals surface area contributed by atoms with Gasteiger partial charge in [0.05, 0.1) is 21.6 Å². The molecule has 8 heteroatoms. The molecule has 3 N–H and O–H groups in total. The molecule has 124 valence electrons. The van der Waals surface area contributed by atoms with Crippen LogP contribution in [-0.4, -0.2) is 18.4 Å². The molecule has 1 heterocycles. The number of aryl methyl sites for hydroxylation is 2. The lowest BCUT2D eigenvalue weighted by Crippen LogP contribution is -2.29. The van der Waals surface area contributed by atoms with E-state index >= 15 is 0 Å². The maximum atomic E-state index is 12.5. The zero-order valence-corrected chi connectivity index (χ0v) is 13.8. The van der Waals surface area contributed by atoms with E-state index in [-0.39, 0.29) is 4.90 Å². The fourth-order valence-corrected chi connectivity index (χ4v) is 3.43. The van der Waals surface area contributed by atoms with Gasteiger partial charge >= 0.3 is 11.1 Å². The van der Waals surface area contributed by atoms with Crippen LogP contribution in [0.2, 0.25) is 0 Å². The largest absolute Gasteiger partial charge is 0.316 e. The van der Waals surface area contributed by atoms with Crippen LogP contribution in [0.1, 0.15) is 11.1 Å². The van der Waals surface area contributed by atoms with Gasteiger partial charge in [-0.3, -0.25) is 14.3 Å². The molecule has 0 spiro atoms. The van der Waals surface area contributed by atoms with Gasteiger partial charge in [-0.15, -0.1) is 0 Å². The van der Waals surface area contributed by atoms with E-state index in [0.717, 1.165) is 5.56 Å². The number of H-pyrrole nitrogens is 2. The Morgan fingerprint density at radius 1 is 0.875 bits per heavy atom. The van der Waals surface area contributed by atoms with Crippen LogP contribution in [0, 0.1) is 13.8 Å². The molecule has 0 amide bonds. The Morgan fingerprint density at radius 3 is 2.00 bits per heavy atom. The van der Waals surface area contributed by atoms with Crippen LogP contribution in [0.4, 0.5) is 5.69 Å². The minimum absolute atomic E-state index is 0.141. The number of nitrogens with one attached hydrogen (secondary N) is 3. The molecule has 0 aliphatic rings. The summed E-state index contributed by atoms with van der Waals surface area (Å²) in [6, 6.07) is 9.54. The molecule has 1 aromatic heterocycles. The fourth-order valence-electron chi connectivity index (χ4n) is 2.30. The number of aromatic amines is 2. The highest BCUT2D eigenvalue weighted by Crippen LogP contribution is 2.23. The van der Waals surface area contributed by atoms with Crippen LogP contribution in [0.25, 0.3) is 11.0 Å². The minimum atomic E-state index is -3.75. The van der Waals surface area contributed by atoms with Crippen LogP contribution >= 0.6 is 0 Å². The number of anilines is 1. The molecule has 0 fully saturated rings. The van der Waals surface area contributed by atoms with Crippen LogP contribution in [0.15, 0.2) is 50.9 Å². The molecule has 3 rings (SSSR count). The van der Waals surface area contributed by atoms with Crippen LogP contribution in [-0.2, 0) is 10.0 Å². The summed E-state index contributed by atoms with van der Waals surface area (Å²) in [6.45, 7) is 3.57. The Balaban J connectivity index is 2.07. The van der Waals surface area contributed by atoms with Gasteiger partial charge in [-0.2, -0.15) is 0 Å². The average molecular weight is 345 g/mol. The molecule has 0 unspecified atom stereocenters. The molecule has 0 atom stereocenters. The smallest absolute Gasteiger partial charge is 0.314 e. The molecule has 3 aromatic rings. The van der Waals surface area contributed by atoms with E-state index in [1.807, 2.05) is 6.92 Å². The van der Waals surface area contributed by atoms with E-state index in [1.54, 1.807) is 25.1 Å². The molecule has 0 saturated heterocycles. The molecule has 0 radical (unpaired) electrons. The van der Waals surface area contributed by atoms with Crippen molar-refractivity contribution < 1.29 is 8.42 Å². The number of sulfonamides is 1. The number of hydrogen-bond acceptors (Lipinski definition) is 4. The van der Waals surface area contributed by atoms with Crippen molar-refractivity contribution in [3.63, 3.8) is 0 Å². The summed E-state index contributed by atoms with van der Waals surface area (Å²) in [5.41, 5.74) is 1.11. The number of rotatable bonds is 3. The van der Waals surface area contributed by atoms with Gasteiger partial charge in [-0.1, -0.05) is 17.7 Å². The van der Waals surface area contributed by atoms with Crippen molar-refractivity contribution in [3.05, 3.63) is 68.2 Å². The second-order valence-electron chi connectivity index (χ2n) is 5.54. The molecule has 0 aliphatic carbocycles. The van der Waals surface area contributed by atoms with E-state index < -0.39 is 21.1 Å². The molecule has 0 bridgehead atoms. The summed E-state index contributed by atoms with van der Waals surface area (Å²) >= 11 is 0. The highest BCUT2D eigenvalue weighted by Gasteiger charge is 2.16. The Kier molecular flexibility index (Phi) is 3.76. The maximum Gasteiger partial charge on any atom is 0.314 e. The SMILES string of the molecule is Cc1ccc(S(=O)(=O)Nc2cc3[nH]c(=O)c(=O)[nH]c3cc2C)cc1. The first-order valence-corrected chi connectivity index (χ1v) is 8.61. The summed E-state index contributed by atoms with van der Waals surface area (Å²) in [5, 5.41) is 0. The van der Waals surface area contributed by atoms with E-state index in [0.29, 0.717) is 22.3 Å². The molecule has 0 saturated carbocycles. The van der Waals surface area contributed by atoms with Crippen molar-refractivity contribution in [1.29, 1.82) is 0 Å².